The van der Waals surface area contributed by atoms with Gasteiger partial charge in [-0.3, -0.25) is 0 Å². The molecule has 0 aromatic heterocycles. The van der Waals surface area contributed by atoms with E-state index in [1.54, 1.807) is 6.92 Å². The van der Waals surface area contributed by atoms with E-state index in [-0.39, 0.29) is 18.8 Å². The first-order chi connectivity index (χ1) is 9.27. The van der Waals surface area contributed by atoms with Crippen molar-refractivity contribution >= 4 is 20.2 Å². The van der Waals surface area contributed by atoms with Crippen molar-refractivity contribution in [1.82, 2.24) is 13.7 Å². The van der Waals surface area contributed by atoms with Gasteiger partial charge in [0.2, 0.25) is 10.0 Å². The van der Waals surface area contributed by atoms with Crippen LogP contribution in [-0.4, -0.2) is 53.1 Å². The van der Waals surface area contributed by atoms with Crippen LogP contribution in [0.4, 0.5) is 0 Å². The highest BCUT2D eigenvalue weighted by atomic mass is 32.2. The van der Waals surface area contributed by atoms with E-state index in [0.717, 1.165) is 12.8 Å². The predicted octanol–water partition coefficient (Wildman–Crippen LogP) is -0.118. The summed E-state index contributed by atoms with van der Waals surface area (Å²) in [5, 5.41) is 0. The van der Waals surface area contributed by atoms with Gasteiger partial charge in [-0.15, -0.1) is 0 Å². The number of nitrogens with zero attached hydrogens (tertiary/aromatic N) is 1. The Morgan fingerprint density at radius 1 is 1.15 bits per heavy atom. The molecule has 1 atom stereocenters. The summed E-state index contributed by atoms with van der Waals surface area (Å²) in [4.78, 5) is 0. The fourth-order valence-corrected chi connectivity index (χ4v) is 4.14. The van der Waals surface area contributed by atoms with Crippen molar-refractivity contribution < 1.29 is 16.8 Å². The molecule has 0 spiro atoms. The largest absolute Gasteiger partial charge is 0.279 e. The fourth-order valence-electron chi connectivity index (χ4n) is 2.08. The van der Waals surface area contributed by atoms with Gasteiger partial charge >= 0.3 is 0 Å². The van der Waals surface area contributed by atoms with Gasteiger partial charge in [0.25, 0.3) is 10.2 Å². The monoisotopic (exact) mass is 327 g/mol. The van der Waals surface area contributed by atoms with Crippen molar-refractivity contribution in [3.63, 3.8) is 0 Å². The summed E-state index contributed by atoms with van der Waals surface area (Å²) in [7, 11) is -6.63. The van der Waals surface area contributed by atoms with Crippen molar-refractivity contribution in [2.24, 2.45) is 5.92 Å². The standard InChI is InChI=1S/C11H25N3O4S2/c1-3-19(15,16)12-7-5-8-13-20(17,18)14-9-4-6-11(2)10-14/h11-13H,3-10H2,1-2H3/t11-/m1/s1. The maximum Gasteiger partial charge on any atom is 0.279 e. The second-order valence-electron chi connectivity index (χ2n) is 5.16. The van der Waals surface area contributed by atoms with E-state index in [1.807, 2.05) is 6.92 Å². The molecule has 0 aromatic rings. The molecule has 9 heteroatoms. The Morgan fingerprint density at radius 2 is 1.80 bits per heavy atom. The van der Waals surface area contributed by atoms with Gasteiger partial charge in [0.05, 0.1) is 5.75 Å². The van der Waals surface area contributed by atoms with E-state index in [4.69, 9.17) is 0 Å². The minimum absolute atomic E-state index is 0.0321. The number of nitrogens with one attached hydrogen (secondary N) is 2. The molecule has 120 valence electrons. The Morgan fingerprint density at radius 3 is 2.40 bits per heavy atom. The third-order valence-corrected chi connectivity index (χ3v) is 6.28. The Hall–Kier alpha value is -0.220. The molecule has 0 bridgehead atoms. The second kappa shape index (κ2) is 7.69. The average Bonchev–Trinajstić information content (AvgIpc) is 2.38. The Bertz CT molecular complexity index is 490. The van der Waals surface area contributed by atoms with Crippen LogP contribution in [0, 0.1) is 5.92 Å². The third-order valence-electron chi connectivity index (χ3n) is 3.30. The molecule has 0 amide bonds. The molecule has 0 aromatic carbocycles. The average molecular weight is 327 g/mol. The van der Waals surface area contributed by atoms with E-state index >= 15 is 0 Å². The highest BCUT2D eigenvalue weighted by Gasteiger charge is 2.26. The molecule has 1 fully saturated rings. The summed E-state index contributed by atoms with van der Waals surface area (Å²) in [6, 6.07) is 0. The van der Waals surface area contributed by atoms with Gasteiger partial charge in [-0.05, 0) is 32.1 Å². The predicted molar refractivity (Wildman–Crippen MR) is 79.0 cm³/mol. The molecule has 0 unspecified atom stereocenters. The van der Waals surface area contributed by atoms with Crippen LogP contribution in [-0.2, 0) is 20.2 Å². The summed E-state index contributed by atoms with van der Waals surface area (Å²) < 4.78 is 52.8. The molecule has 1 saturated heterocycles. The van der Waals surface area contributed by atoms with Gasteiger partial charge in [-0.25, -0.2) is 17.9 Å². The van der Waals surface area contributed by atoms with E-state index in [2.05, 4.69) is 9.44 Å². The smallest absolute Gasteiger partial charge is 0.215 e. The van der Waals surface area contributed by atoms with Gasteiger partial charge in [-0.2, -0.15) is 12.7 Å². The lowest BCUT2D eigenvalue weighted by Crippen LogP contribution is -2.46. The van der Waals surface area contributed by atoms with Gasteiger partial charge in [0, 0.05) is 26.2 Å². The van der Waals surface area contributed by atoms with Crippen molar-refractivity contribution in [3.05, 3.63) is 0 Å². The van der Waals surface area contributed by atoms with E-state index in [0.29, 0.717) is 25.4 Å². The molecule has 0 saturated carbocycles. The van der Waals surface area contributed by atoms with Crippen LogP contribution in [0.2, 0.25) is 0 Å². The maximum atomic E-state index is 12.0. The number of hydrogen-bond acceptors (Lipinski definition) is 4. The van der Waals surface area contributed by atoms with Gasteiger partial charge in [0.15, 0.2) is 0 Å². The Kier molecular flexibility index (Phi) is 6.86. The SMILES string of the molecule is CCS(=O)(=O)NCCCNS(=O)(=O)N1CCC[C@@H](C)C1. The van der Waals surface area contributed by atoms with Crippen LogP contribution >= 0.6 is 0 Å². The Labute approximate surface area is 122 Å². The third kappa shape index (κ3) is 6.04. The summed E-state index contributed by atoms with van der Waals surface area (Å²) in [5.41, 5.74) is 0. The molecule has 1 heterocycles. The summed E-state index contributed by atoms with van der Waals surface area (Å²) in [6.45, 7) is 5.19. The fraction of sp³-hybridized carbons (Fsp3) is 1.00. The Balaban J connectivity index is 2.30. The number of rotatable bonds is 8. The molecular formula is C11H25N3O4S2. The number of sulfonamides is 1. The normalized spacial score (nSPS) is 22.0. The van der Waals surface area contributed by atoms with Gasteiger partial charge < -0.3 is 0 Å². The lowest BCUT2D eigenvalue weighted by atomic mass is 10.0. The van der Waals surface area contributed by atoms with Crippen molar-refractivity contribution in [2.45, 2.75) is 33.1 Å². The van der Waals surface area contributed by atoms with E-state index < -0.39 is 20.2 Å². The molecule has 1 aliphatic heterocycles. The highest BCUT2D eigenvalue weighted by molar-refractivity contribution is 7.89. The van der Waals surface area contributed by atoms with Crippen LogP contribution in [0.1, 0.15) is 33.1 Å². The van der Waals surface area contributed by atoms with Crippen LogP contribution in [0.25, 0.3) is 0 Å². The van der Waals surface area contributed by atoms with Crippen LogP contribution < -0.4 is 9.44 Å². The van der Waals surface area contributed by atoms with Crippen LogP contribution in [0.5, 0.6) is 0 Å². The first-order valence-electron chi connectivity index (χ1n) is 6.99. The van der Waals surface area contributed by atoms with Crippen LogP contribution in [0.3, 0.4) is 0 Å². The van der Waals surface area contributed by atoms with Gasteiger partial charge in [0.1, 0.15) is 0 Å². The molecule has 7 nitrogen and oxygen atoms in total. The van der Waals surface area contributed by atoms with Crippen molar-refractivity contribution in [2.75, 3.05) is 31.9 Å². The second-order valence-corrected chi connectivity index (χ2v) is 9.01. The minimum Gasteiger partial charge on any atom is -0.215 e. The molecule has 0 radical (unpaired) electrons. The molecular weight excluding hydrogens is 302 g/mol. The lowest BCUT2D eigenvalue weighted by molar-refractivity contribution is 0.278. The molecule has 0 aliphatic carbocycles. The lowest BCUT2D eigenvalue weighted by Gasteiger charge is -2.29. The molecule has 20 heavy (non-hydrogen) atoms. The maximum absolute atomic E-state index is 12.0. The number of hydrogen-bond donors (Lipinski definition) is 2. The summed E-state index contributed by atoms with van der Waals surface area (Å²) in [6.07, 6.45) is 2.38. The molecule has 1 aliphatic rings. The zero-order valence-corrected chi connectivity index (χ0v) is 13.8. The summed E-state index contributed by atoms with van der Waals surface area (Å²) >= 11 is 0. The van der Waals surface area contributed by atoms with E-state index in [1.165, 1.54) is 4.31 Å². The molecule has 2 N–H and O–H groups in total. The summed E-state index contributed by atoms with van der Waals surface area (Å²) in [5.74, 6) is 0.418. The zero-order chi connectivity index (χ0) is 15.2. The number of piperidine rings is 1. The first-order valence-corrected chi connectivity index (χ1v) is 10.1. The van der Waals surface area contributed by atoms with E-state index in [9.17, 15) is 16.8 Å². The first kappa shape index (κ1) is 17.8. The highest BCUT2D eigenvalue weighted by Crippen LogP contribution is 2.17. The van der Waals surface area contributed by atoms with Gasteiger partial charge in [-0.1, -0.05) is 6.92 Å². The van der Waals surface area contributed by atoms with Crippen molar-refractivity contribution in [1.29, 1.82) is 0 Å². The van der Waals surface area contributed by atoms with Crippen LogP contribution in [0.15, 0.2) is 0 Å². The zero-order valence-electron chi connectivity index (χ0n) is 12.1. The molecule has 1 rings (SSSR count). The quantitative estimate of drug-likeness (QED) is 0.608. The van der Waals surface area contributed by atoms with Crippen molar-refractivity contribution in [3.8, 4) is 0 Å². The topological polar surface area (TPSA) is 95.6 Å². The minimum atomic E-state index is -3.43.